The van der Waals surface area contributed by atoms with E-state index in [0.29, 0.717) is 6.54 Å². The van der Waals surface area contributed by atoms with Gasteiger partial charge in [0.2, 0.25) is 0 Å². The van der Waals surface area contributed by atoms with Crippen LogP contribution >= 0.6 is 11.3 Å². The third-order valence-corrected chi connectivity index (χ3v) is 4.14. The van der Waals surface area contributed by atoms with Gasteiger partial charge in [0.05, 0.1) is 17.9 Å². The number of aryl methyl sites for hydroxylation is 3. The first-order valence-corrected chi connectivity index (χ1v) is 7.29. The second-order valence-electron chi connectivity index (χ2n) is 5.01. The molecule has 0 aliphatic rings. The summed E-state index contributed by atoms with van der Waals surface area (Å²) in [5, 5.41) is 3.27. The zero-order valence-electron chi connectivity index (χ0n) is 11.7. The Bertz CT molecular complexity index is 753. The Labute approximate surface area is 121 Å². The molecule has 0 spiro atoms. The summed E-state index contributed by atoms with van der Waals surface area (Å²) in [6.07, 6.45) is 2.09. The van der Waals surface area contributed by atoms with Crippen molar-refractivity contribution in [3.05, 3.63) is 52.0 Å². The van der Waals surface area contributed by atoms with Gasteiger partial charge in [-0.25, -0.2) is 9.37 Å². The van der Waals surface area contributed by atoms with E-state index in [0.717, 1.165) is 27.6 Å². The zero-order valence-corrected chi connectivity index (χ0v) is 12.5. The smallest absolute Gasteiger partial charge is 0.194 e. The summed E-state index contributed by atoms with van der Waals surface area (Å²) in [5.41, 5.74) is 3.83. The number of anilines is 1. The molecular weight excluding hydrogens is 273 g/mol. The van der Waals surface area contributed by atoms with E-state index < -0.39 is 0 Å². The summed E-state index contributed by atoms with van der Waals surface area (Å²) in [5.74, 6) is -0.214. The second-order valence-corrected chi connectivity index (χ2v) is 6.22. The molecule has 104 valence electrons. The van der Waals surface area contributed by atoms with E-state index >= 15 is 0 Å². The first-order valence-electron chi connectivity index (χ1n) is 6.48. The minimum atomic E-state index is -0.214. The van der Waals surface area contributed by atoms with E-state index in [1.807, 2.05) is 19.9 Å². The van der Waals surface area contributed by atoms with Crippen molar-refractivity contribution >= 4 is 22.0 Å². The highest BCUT2D eigenvalue weighted by molar-refractivity contribution is 7.17. The van der Waals surface area contributed by atoms with Gasteiger partial charge in [-0.05, 0) is 44.5 Å². The van der Waals surface area contributed by atoms with Gasteiger partial charge in [-0.1, -0.05) is 0 Å². The molecule has 2 aromatic heterocycles. The highest BCUT2D eigenvalue weighted by Crippen LogP contribution is 2.22. The van der Waals surface area contributed by atoms with Gasteiger partial charge in [0, 0.05) is 16.8 Å². The molecule has 3 rings (SSSR count). The largest absolute Gasteiger partial charge is 0.379 e. The summed E-state index contributed by atoms with van der Waals surface area (Å²) in [4.78, 5) is 6.79. The van der Waals surface area contributed by atoms with Crippen molar-refractivity contribution in [2.24, 2.45) is 0 Å². The molecule has 0 aliphatic carbocycles. The van der Waals surface area contributed by atoms with Crippen molar-refractivity contribution < 1.29 is 4.39 Å². The Hall–Kier alpha value is -1.88. The molecule has 3 nitrogen and oxygen atoms in total. The maximum absolute atomic E-state index is 13.4. The quantitative estimate of drug-likeness (QED) is 0.787. The van der Waals surface area contributed by atoms with Gasteiger partial charge in [-0.15, -0.1) is 11.3 Å². The summed E-state index contributed by atoms with van der Waals surface area (Å²) < 4.78 is 15.5. The molecule has 3 aromatic rings. The molecule has 0 saturated heterocycles. The van der Waals surface area contributed by atoms with Gasteiger partial charge in [0.25, 0.3) is 0 Å². The number of imidazole rings is 1. The molecule has 1 N–H and O–H groups in total. The van der Waals surface area contributed by atoms with Crippen molar-refractivity contribution in [3.8, 4) is 0 Å². The number of nitrogens with zero attached hydrogens (tertiary/aromatic N) is 2. The molecular formula is C15H16FN3S. The van der Waals surface area contributed by atoms with Crippen molar-refractivity contribution in [1.82, 2.24) is 9.38 Å². The summed E-state index contributed by atoms with van der Waals surface area (Å²) in [6.45, 7) is 6.59. The lowest BCUT2D eigenvalue weighted by Gasteiger charge is -2.08. The van der Waals surface area contributed by atoms with E-state index in [1.54, 1.807) is 11.3 Å². The Morgan fingerprint density at radius 2 is 2.05 bits per heavy atom. The second kappa shape index (κ2) is 4.90. The van der Waals surface area contributed by atoms with Gasteiger partial charge < -0.3 is 5.32 Å². The maximum Gasteiger partial charge on any atom is 0.194 e. The number of fused-ring (bicyclic) bond motifs is 1. The van der Waals surface area contributed by atoms with Gasteiger partial charge in [0.15, 0.2) is 4.96 Å². The van der Waals surface area contributed by atoms with E-state index in [2.05, 4.69) is 27.8 Å². The van der Waals surface area contributed by atoms with Crippen LogP contribution in [-0.2, 0) is 6.54 Å². The first-order chi connectivity index (χ1) is 9.52. The highest BCUT2D eigenvalue weighted by Gasteiger charge is 2.10. The Kier molecular flexibility index (Phi) is 3.22. The first kappa shape index (κ1) is 13.1. The lowest BCUT2D eigenvalue weighted by atomic mass is 10.2. The molecule has 0 saturated carbocycles. The van der Waals surface area contributed by atoms with E-state index in [4.69, 9.17) is 0 Å². The van der Waals surface area contributed by atoms with Gasteiger partial charge in [-0.2, -0.15) is 0 Å². The van der Waals surface area contributed by atoms with Crippen LogP contribution < -0.4 is 5.32 Å². The van der Waals surface area contributed by atoms with Crippen LogP contribution in [0.1, 0.15) is 21.8 Å². The van der Waals surface area contributed by atoms with Gasteiger partial charge in [0.1, 0.15) is 5.82 Å². The van der Waals surface area contributed by atoms with Crippen LogP contribution in [0, 0.1) is 26.6 Å². The lowest BCUT2D eigenvalue weighted by Crippen LogP contribution is -2.04. The molecule has 2 heterocycles. The van der Waals surface area contributed by atoms with Crippen LogP contribution in [-0.4, -0.2) is 9.38 Å². The number of aromatic nitrogens is 2. The molecule has 5 heteroatoms. The molecule has 0 fully saturated rings. The van der Waals surface area contributed by atoms with Crippen LogP contribution in [0.3, 0.4) is 0 Å². The SMILES string of the molecule is Cc1cc(F)cc(NCc2c(C)nc3sc(C)cn23)c1. The van der Waals surface area contributed by atoms with E-state index in [1.165, 1.54) is 17.0 Å². The summed E-state index contributed by atoms with van der Waals surface area (Å²) in [7, 11) is 0. The van der Waals surface area contributed by atoms with Crippen LogP contribution in [0.2, 0.25) is 0 Å². The summed E-state index contributed by atoms with van der Waals surface area (Å²) in [6, 6.07) is 4.98. The predicted molar refractivity (Wildman–Crippen MR) is 81.0 cm³/mol. The maximum atomic E-state index is 13.4. The average Bonchev–Trinajstić information content (AvgIpc) is 2.81. The van der Waals surface area contributed by atoms with Crippen LogP contribution in [0.15, 0.2) is 24.4 Å². The van der Waals surface area contributed by atoms with Gasteiger partial charge in [-0.3, -0.25) is 4.40 Å². The Morgan fingerprint density at radius 1 is 1.25 bits per heavy atom. The number of benzene rings is 1. The third-order valence-electron chi connectivity index (χ3n) is 3.24. The zero-order chi connectivity index (χ0) is 14.3. The van der Waals surface area contributed by atoms with Gasteiger partial charge >= 0.3 is 0 Å². The summed E-state index contributed by atoms with van der Waals surface area (Å²) >= 11 is 1.68. The minimum absolute atomic E-state index is 0.214. The number of hydrogen-bond donors (Lipinski definition) is 1. The normalized spacial score (nSPS) is 11.2. The van der Waals surface area contributed by atoms with E-state index in [9.17, 15) is 4.39 Å². The topological polar surface area (TPSA) is 29.3 Å². The lowest BCUT2D eigenvalue weighted by molar-refractivity contribution is 0.627. The van der Waals surface area contributed by atoms with Crippen LogP contribution in [0.25, 0.3) is 4.96 Å². The number of rotatable bonds is 3. The van der Waals surface area contributed by atoms with Crippen molar-refractivity contribution in [2.75, 3.05) is 5.32 Å². The van der Waals surface area contributed by atoms with Crippen molar-refractivity contribution in [2.45, 2.75) is 27.3 Å². The molecule has 0 bridgehead atoms. The number of hydrogen-bond acceptors (Lipinski definition) is 3. The third kappa shape index (κ3) is 2.41. The Morgan fingerprint density at radius 3 is 2.80 bits per heavy atom. The number of halogens is 1. The fraction of sp³-hybridized carbons (Fsp3) is 0.267. The molecule has 0 radical (unpaired) electrons. The molecule has 20 heavy (non-hydrogen) atoms. The number of nitrogens with one attached hydrogen (secondary N) is 1. The minimum Gasteiger partial charge on any atom is -0.379 e. The molecule has 0 atom stereocenters. The predicted octanol–water partition coefficient (Wildman–Crippen LogP) is 4.07. The van der Waals surface area contributed by atoms with E-state index in [-0.39, 0.29) is 5.82 Å². The van der Waals surface area contributed by atoms with Crippen molar-refractivity contribution in [3.63, 3.8) is 0 Å². The molecule has 1 aromatic carbocycles. The molecule has 0 unspecified atom stereocenters. The van der Waals surface area contributed by atoms with Crippen LogP contribution in [0.4, 0.5) is 10.1 Å². The fourth-order valence-corrected chi connectivity index (χ4v) is 3.24. The van der Waals surface area contributed by atoms with Crippen LogP contribution in [0.5, 0.6) is 0 Å². The Balaban J connectivity index is 1.87. The molecule has 0 aliphatic heterocycles. The van der Waals surface area contributed by atoms with Crippen molar-refractivity contribution in [1.29, 1.82) is 0 Å². The monoisotopic (exact) mass is 289 g/mol. The number of thiazole rings is 1. The average molecular weight is 289 g/mol. The fourth-order valence-electron chi connectivity index (χ4n) is 2.35. The molecule has 0 amide bonds. The standard InChI is InChI=1S/C15H16FN3S/c1-9-4-12(16)6-13(5-9)17-7-14-11(3)18-15-19(14)8-10(2)20-15/h4-6,8,17H,7H2,1-3H3. The highest BCUT2D eigenvalue weighted by atomic mass is 32.1.